The lowest BCUT2D eigenvalue weighted by molar-refractivity contribution is 0.104. The van der Waals surface area contributed by atoms with Gasteiger partial charge in [-0.2, -0.15) is 0 Å². The largest absolute Gasteiger partial charge is 0.496 e. The lowest BCUT2D eigenvalue weighted by Crippen LogP contribution is -2.00. The predicted molar refractivity (Wildman–Crippen MR) is 91.2 cm³/mol. The first-order chi connectivity index (χ1) is 11.0. The van der Waals surface area contributed by atoms with Crippen molar-refractivity contribution in [1.29, 1.82) is 0 Å². The normalized spacial score (nSPS) is 11.0. The molecule has 2 rings (SSSR count). The van der Waals surface area contributed by atoms with Crippen LogP contribution in [0.3, 0.4) is 0 Å². The van der Waals surface area contributed by atoms with Crippen molar-refractivity contribution in [2.24, 2.45) is 0 Å². The van der Waals surface area contributed by atoms with E-state index in [-0.39, 0.29) is 5.78 Å². The van der Waals surface area contributed by atoms with E-state index in [2.05, 4.69) is 15.9 Å². The molecule has 0 atom stereocenters. The maximum absolute atomic E-state index is 13.7. The zero-order valence-corrected chi connectivity index (χ0v) is 14.4. The average molecular weight is 379 g/mol. The Morgan fingerprint density at radius 3 is 2.65 bits per heavy atom. The molecule has 0 saturated carbocycles. The Morgan fingerprint density at radius 1 is 1.22 bits per heavy atom. The van der Waals surface area contributed by atoms with E-state index in [0.717, 1.165) is 5.56 Å². The van der Waals surface area contributed by atoms with Gasteiger partial charge in [0.25, 0.3) is 0 Å². The van der Waals surface area contributed by atoms with E-state index in [9.17, 15) is 9.18 Å². The standard InChI is InChI=1S/C18H16BrFO3/c1-22-11-14-9-13(5-8-18(14)23-2)17(21)7-4-12-3-6-15(19)10-16(12)20/h3-10H,11H2,1-2H3/b7-4+. The highest BCUT2D eigenvalue weighted by Crippen LogP contribution is 2.22. The maximum atomic E-state index is 13.7. The monoisotopic (exact) mass is 378 g/mol. The molecule has 2 aromatic rings. The van der Waals surface area contributed by atoms with Gasteiger partial charge in [0.05, 0.1) is 13.7 Å². The van der Waals surface area contributed by atoms with Crippen molar-refractivity contribution in [1.82, 2.24) is 0 Å². The van der Waals surface area contributed by atoms with Crippen molar-refractivity contribution in [3.63, 3.8) is 0 Å². The number of hydrogen-bond donors (Lipinski definition) is 0. The van der Waals surface area contributed by atoms with E-state index in [0.29, 0.717) is 28.0 Å². The van der Waals surface area contributed by atoms with Gasteiger partial charge in [-0.1, -0.05) is 22.0 Å². The molecule has 3 nitrogen and oxygen atoms in total. The molecule has 0 fully saturated rings. The number of halogens is 2. The van der Waals surface area contributed by atoms with Gasteiger partial charge in [-0.05, 0) is 42.5 Å². The van der Waals surface area contributed by atoms with Gasteiger partial charge in [0, 0.05) is 28.3 Å². The molecule has 120 valence electrons. The molecule has 0 aliphatic heterocycles. The highest BCUT2D eigenvalue weighted by atomic mass is 79.9. The molecule has 0 amide bonds. The number of allylic oxidation sites excluding steroid dienone is 1. The van der Waals surface area contributed by atoms with Gasteiger partial charge in [0.2, 0.25) is 0 Å². The Bertz CT molecular complexity index is 741. The molecule has 23 heavy (non-hydrogen) atoms. The van der Waals surface area contributed by atoms with E-state index in [4.69, 9.17) is 9.47 Å². The summed E-state index contributed by atoms with van der Waals surface area (Å²) in [6.07, 6.45) is 2.81. The Hall–Kier alpha value is -1.98. The van der Waals surface area contributed by atoms with E-state index in [1.807, 2.05) is 0 Å². The number of hydrogen-bond acceptors (Lipinski definition) is 3. The second-order valence-electron chi connectivity index (χ2n) is 4.82. The summed E-state index contributed by atoms with van der Waals surface area (Å²) in [5.41, 5.74) is 1.63. The van der Waals surface area contributed by atoms with Crippen molar-refractivity contribution in [3.05, 3.63) is 69.5 Å². The predicted octanol–water partition coefficient (Wildman–Crippen LogP) is 4.64. The van der Waals surface area contributed by atoms with Gasteiger partial charge in [-0.3, -0.25) is 4.79 Å². The number of carbonyl (C=O) groups excluding carboxylic acids is 1. The van der Waals surface area contributed by atoms with Crippen LogP contribution in [-0.4, -0.2) is 20.0 Å². The molecule has 0 unspecified atom stereocenters. The molecule has 0 aliphatic carbocycles. The molecule has 0 saturated heterocycles. The van der Waals surface area contributed by atoms with E-state index in [1.54, 1.807) is 44.6 Å². The molecule has 0 aliphatic rings. The number of ketones is 1. The minimum atomic E-state index is -0.391. The van der Waals surface area contributed by atoms with Crippen molar-refractivity contribution in [3.8, 4) is 5.75 Å². The van der Waals surface area contributed by atoms with Crippen molar-refractivity contribution in [2.45, 2.75) is 6.61 Å². The van der Waals surface area contributed by atoms with Gasteiger partial charge in [0.15, 0.2) is 5.78 Å². The zero-order valence-electron chi connectivity index (χ0n) is 12.8. The summed E-state index contributed by atoms with van der Waals surface area (Å²) >= 11 is 3.19. The van der Waals surface area contributed by atoms with Gasteiger partial charge in [0.1, 0.15) is 11.6 Å². The first-order valence-electron chi connectivity index (χ1n) is 6.88. The third-order valence-corrected chi connectivity index (χ3v) is 3.73. The topological polar surface area (TPSA) is 35.5 Å². The molecule has 0 N–H and O–H groups in total. The summed E-state index contributed by atoms with van der Waals surface area (Å²) in [4.78, 5) is 12.3. The second kappa shape index (κ2) is 8.04. The highest BCUT2D eigenvalue weighted by molar-refractivity contribution is 9.10. The summed E-state index contributed by atoms with van der Waals surface area (Å²) in [6.45, 7) is 0.343. The van der Waals surface area contributed by atoms with Crippen molar-refractivity contribution >= 4 is 27.8 Å². The van der Waals surface area contributed by atoms with Crippen LogP contribution in [0.2, 0.25) is 0 Å². The van der Waals surface area contributed by atoms with Crippen molar-refractivity contribution < 1.29 is 18.7 Å². The molecule has 0 heterocycles. The minimum absolute atomic E-state index is 0.215. The number of ether oxygens (including phenoxy) is 2. The lowest BCUT2D eigenvalue weighted by Gasteiger charge is -2.08. The highest BCUT2D eigenvalue weighted by Gasteiger charge is 2.09. The summed E-state index contributed by atoms with van der Waals surface area (Å²) in [7, 11) is 3.14. The fourth-order valence-corrected chi connectivity index (χ4v) is 2.43. The Labute approximate surface area is 142 Å². The molecular weight excluding hydrogens is 363 g/mol. The smallest absolute Gasteiger partial charge is 0.185 e. The summed E-state index contributed by atoms with van der Waals surface area (Å²) in [6, 6.07) is 9.78. The average Bonchev–Trinajstić information content (AvgIpc) is 2.54. The fraction of sp³-hybridized carbons (Fsp3) is 0.167. The van der Waals surface area contributed by atoms with E-state index >= 15 is 0 Å². The number of benzene rings is 2. The number of rotatable bonds is 6. The summed E-state index contributed by atoms with van der Waals surface area (Å²) in [5, 5.41) is 0. The van der Waals surface area contributed by atoms with E-state index < -0.39 is 5.82 Å². The van der Waals surface area contributed by atoms with Crippen LogP contribution in [-0.2, 0) is 11.3 Å². The number of methoxy groups -OCH3 is 2. The summed E-state index contributed by atoms with van der Waals surface area (Å²) in [5.74, 6) is 0.0527. The Balaban J connectivity index is 2.23. The molecule has 0 spiro atoms. The Kier molecular flexibility index (Phi) is 6.07. The SMILES string of the molecule is COCc1cc(C(=O)/C=C/c2ccc(Br)cc2F)ccc1OC. The maximum Gasteiger partial charge on any atom is 0.185 e. The first kappa shape index (κ1) is 17.4. The van der Waals surface area contributed by atoms with Gasteiger partial charge >= 0.3 is 0 Å². The molecule has 0 radical (unpaired) electrons. The van der Waals surface area contributed by atoms with Crippen LogP contribution in [0.5, 0.6) is 5.75 Å². The molecule has 0 aromatic heterocycles. The van der Waals surface area contributed by atoms with Crippen LogP contribution in [0.4, 0.5) is 4.39 Å². The van der Waals surface area contributed by atoms with Crippen LogP contribution in [0.25, 0.3) is 6.08 Å². The fourth-order valence-electron chi connectivity index (χ4n) is 2.10. The third kappa shape index (κ3) is 4.50. The minimum Gasteiger partial charge on any atom is -0.496 e. The number of carbonyl (C=O) groups is 1. The first-order valence-corrected chi connectivity index (χ1v) is 7.67. The van der Waals surface area contributed by atoms with Gasteiger partial charge in [-0.25, -0.2) is 4.39 Å². The van der Waals surface area contributed by atoms with Crippen LogP contribution in [0.15, 0.2) is 46.9 Å². The summed E-state index contributed by atoms with van der Waals surface area (Å²) < 4.78 is 24.7. The van der Waals surface area contributed by atoms with Gasteiger partial charge < -0.3 is 9.47 Å². The second-order valence-corrected chi connectivity index (χ2v) is 5.74. The van der Waals surface area contributed by atoms with Crippen molar-refractivity contribution in [2.75, 3.05) is 14.2 Å². The van der Waals surface area contributed by atoms with E-state index in [1.165, 1.54) is 18.2 Å². The zero-order chi connectivity index (χ0) is 16.8. The van der Waals surface area contributed by atoms with Crippen LogP contribution in [0.1, 0.15) is 21.5 Å². The molecule has 0 bridgehead atoms. The quantitative estimate of drug-likeness (QED) is 0.542. The van der Waals surface area contributed by atoms with Crippen LogP contribution in [0, 0.1) is 5.82 Å². The lowest BCUT2D eigenvalue weighted by atomic mass is 10.1. The Morgan fingerprint density at radius 2 is 2.00 bits per heavy atom. The molecule has 5 heteroatoms. The van der Waals surface area contributed by atoms with Crippen LogP contribution < -0.4 is 4.74 Å². The van der Waals surface area contributed by atoms with Gasteiger partial charge in [-0.15, -0.1) is 0 Å². The third-order valence-electron chi connectivity index (χ3n) is 3.24. The van der Waals surface area contributed by atoms with Crippen LogP contribution >= 0.6 is 15.9 Å². The molecular formula is C18H16BrFO3. The molecule has 2 aromatic carbocycles.